The predicted octanol–water partition coefficient (Wildman–Crippen LogP) is 6.83. The molecule has 2 rings (SSSR count). The topological polar surface area (TPSA) is 0 Å². The molecule has 100 valence electrons. The molecule has 2 aromatic carbocycles. The van der Waals surface area contributed by atoms with Crippen molar-refractivity contribution in [3.63, 3.8) is 0 Å². The minimum absolute atomic E-state index is 0.410. The standard InChI is InChI=1S/C16H15Cl3/c1-3-10(2)12-6-4-5-7-13(12)11-8-14(17)16(19)15(18)9-11/h4-10H,3H2,1-2H3. The molecule has 0 saturated carbocycles. The lowest BCUT2D eigenvalue weighted by molar-refractivity contribution is 0.735. The van der Waals surface area contributed by atoms with E-state index in [0.29, 0.717) is 21.0 Å². The van der Waals surface area contributed by atoms with Crippen LogP contribution >= 0.6 is 34.8 Å². The molecule has 0 saturated heterocycles. The Labute approximate surface area is 129 Å². The van der Waals surface area contributed by atoms with Crippen molar-refractivity contribution in [2.45, 2.75) is 26.2 Å². The van der Waals surface area contributed by atoms with E-state index < -0.39 is 0 Å². The lowest BCUT2D eigenvalue weighted by Crippen LogP contribution is -1.95. The Balaban J connectivity index is 2.59. The van der Waals surface area contributed by atoms with Crippen LogP contribution in [0.3, 0.4) is 0 Å². The smallest absolute Gasteiger partial charge is 0.0778 e. The van der Waals surface area contributed by atoms with Gasteiger partial charge in [-0.25, -0.2) is 0 Å². The maximum absolute atomic E-state index is 6.12. The van der Waals surface area contributed by atoms with Crippen LogP contribution in [-0.4, -0.2) is 0 Å². The average Bonchev–Trinajstić information content (AvgIpc) is 2.43. The summed E-state index contributed by atoms with van der Waals surface area (Å²) in [7, 11) is 0. The van der Waals surface area contributed by atoms with Crippen molar-refractivity contribution < 1.29 is 0 Å². The number of hydrogen-bond acceptors (Lipinski definition) is 0. The van der Waals surface area contributed by atoms with Gasteiger partial charge in [0.25, 0.3) is 0 Å². The van der Waals surface area contributed by atoms with Crippen molar-refractivity contribution in [1.82, 2.24) is 0 Å². The van der Waals surface area contributed by atoms with Gasteiger partial charge in [0, 0.05) is 0 Å². The third-order valence-electron chi connectivity index (χ3n) is 3.40. The lowest BCUT2D eigenvalue weighted by Gasteiger charge is -2.16. The minimum atomic E-state index is 0.410. The van der Waals surface area contributed by atoms with E-state index in [0.717, 1.165) is 17.5 Å². The Bertz CT molecular complexity index is 567. The first kappa shape index (κ1) is 14.7. The van der Waals surface area contributed by atoms with E-state index >= 15 is 0 Å². The van der Waals surface area contributed by atoms with Crippen molar-refractivity contribution in [1.29, 1.82) is 0 Å². The molecule has 0 heterocycles. The molecule has 19 heavy (non-hydrogen) atoms. The van der Waals surface area contributed by atoms with Crippen LogP contribution in [0.2, 0.25) is 15.1 Å². The van der Waals surface area contributed by atoms with Crippen LogP contribution in [0.25, 0.3) is 11.1 Å². The molecule has 0 radical (unpaired) electrons. The summed E-state index contributed by atoms with van der Waals surface area (Å²) < 4.78 is 0. The van der Waals surface area contributed by atoms with Gasteiger partial charge in [-0.3, -0.25) is 0 Å². The van der Waals surface area contributed by atoms with Gasteiger partial charge in [-0.1, -0.05) is 72.9 Å². The third kappa shape index (κ3) is 3.08. The molecule has 1 atom stereocenters. The Hall–Kier alpha value is -0.690. The highest BCUT2D eigenvalue weighted by atomic mass is 35.5. The Morgan fingerprint density at radius 1 is 1.00 bits per heavy atom. The maximum atomic E-state index is 6.12. The highest BCUT2D eigenvalue weighted by molar-refractivity contribution is 6.48. The molecule has 1 unspecified atom stereocenters. The van der Waals surface area contributed by atoms with Crippen molar-refractivity contribution in [3.8, 4) is 11.1 Å². The zero-order valence-corrected chi connectivity index (χ0v) is 13.2. The predicted molar refractivity (Wildman–Crippen MR) is 85.6 cm³/mol. The molecule has 0 spiro atoms. The molecule has 3 heteroatoms. The average molecular weight is 314 g/mol. The molecule has 0 fully saturated rings. The second-order valence-electron chi connectivity index (χ2n) is 4.65. The highest BCUT2D eigenvalue weighted by Gasteiger charge is 2.13. The molecule has 0 aromatic heterocycles. The van der Waals surface area contributed by atoms with Crippen LogP contribution in [0.1, 0.15) is 31.7 Å². The van der Waals surface area contributed by atoms with Gasteiger partial charge in [0.15, 0.2) is 0 Å². The lowest BCUT2D eigenvalue weighted by atomic mass is 9.90. The van der Waals surface area contributed by atoms with Gasteiger partial charge >= 0.3 is 0 Å². The summed E-state index contributed by atoms with van der Waals surface area (Å²) in [4.78, 5) is 0. The fraction of sp³-hybridized carbons (Fsp3) is 0.250. The van der Waals surface area contributed by atoms with E-state index in [1.807, 2.05) is 18.2 Å². The van der Waals surface area contributed by atoms with Crippen LogP contribution in [0.15, 0.2) is 36.4 Å². The fourth-order valence-corrected chi connectivity index (χ4v) is 2.72. The molecular formula is C16H15Cl3. The van der Waals surface area contributed by atoms with Crippen LogP contribution in [-0.2, 0) is 0 Å². The number of benzene rings is 2. The van der Waals surface area contributed by atoms with Crippen molar-refractivity contribution in [2.24, 2.45) is 0 Å². The van der Waals surface area contributed by atoms with Gasteiger partial charge in [-0.15, -0.1) is 0 Å². The van der Waals surface area contributed by atoms with E-state index in [-0.39, 0.29) is 0 Å². The van der Waals surface area contributed by atoms with E-state index in [1.54, 1.807) is 0 Å². The van der Waals surface area contributed by atoms with Gasteiger partial charge in [-0.05, 0) is 41.2 Å². The van der Waals surface area contributed by atoms with Crippen molar-refractivity contribution in [2.75, 3.05) is 0 Å². The molecule has 0 aliphatic carbocycles. The normalized spacial score (nSPS) is 12.5. The summed E-state index contributed by atoms with van der Waals surface area (Å²) in [5.41, 5.74) is 3.48. The quantitative estimate of drug-likeness (QED) is 0.545. The minimum Gasteiger partial charge on any atom is -0.0826 e. The summed E-state index contributed by atoms with van der Waals surface area (Å²) in [5.74, 6) is 0.490. The number of halogens is 3. The van der Waals surface area contributed by atoms with Gasteiger partial charge in [0.2, 0.25) is 0 Å². The van der Waals surface area contributed by atoms with Gasteiger partial charge in [0.1, 0.15) is 0 Å². The van der Waals surface area contributed by atoms with Crippen LogP contribution in [0.4, 0.5) is 0 Å². The molecule has 0 aliphatic heterocycles. The highest BCUT2D eigenvalue weighted by Crippen LogP contribution is 2.37. The summed E-state index contributed by atoms with van der Waals surface area (Å²) in [6, 6.07) is 12.1. The molecule has 2 aromatic rings. The first-order chi connectivity index (χ1) is 9.04. The van der Waals surface area contributed by atoms with E-state index in [4.69, 9.17) is 34.8 Å². The summed E-state index contributed by atoms with van der Waals surface area (Å²) in [6.07, 6.45) is 1.09. The maximum Gasteiger partial charge on any atom is 0.0778 e. The van der Waals surface area contributed by atoms with Crippen molar-refractivity contribution in [3.05, 3.63) is 57.0 Å². The zero-order chi connectivity index (χ0) is 14.0. The summed E-state index contributed by atoms with van der Waals surface area (Å²) >= 11 is 18.2. The van der Waals surface area contributed by atoms with Gasteiger partial charge < -0.3 is 0 Å². The Kier molecular flexibility index (Phi) is 4.78. The Morgan fingerprint density at radius 3 is 2.16 bits per heavy atom. The van der Waals surface area contributed by atoms with Gasteiger partial charge in [-0.2, -0.15) is 0 Å². The first-order valence-corrected chi connectivity index (χ1v) is 7.41. The first-order valence-electron chi connectivity index (χ1n) is 6.28. The SMILES string of the molecule is CCC(C)c1ccccc1-c1cc(Cl)c(Cl)c(Cl)c1. The summed E-state index contributed by atoms with van der Waals surface area (Å²) in [6.45, 7) is 4.40. The van der Waals surface area contributed by atoms with Crippen molar-refractivity contribution >= 4 is 34.8 Å². The molecule has 0 nitrogen and oxygen atoms in total. The third-order valence-corrected chi connectivity index (χ3v) is 4.60. The second-order valence-corrected chi connectivity index (χ2v) is 5.84. The Morgan fingerprint density at radius 2 is 1.58 bits per heavy atom. The molecule has 0 bridgehead atoms. The monoisotopic (exact) mass is 312 g/mol. The van der Waals surface area contributed by atoms with Crippen LogP contribution in [0.5, 0.6) is 0 Å². The number of hydrogen-bond donors (Lipinski definition) is 0. The van der Waals surface area contributed by atoms with Crippen LogP contribution < -0.4 is 0 Å². The fourth-order valence-electron chi connectivity index (χ4n) is 2.12. The van der Waals surface area contributed by atoms with E-state index in [2.05, 4.69) is 32.0 Å². The molecule has 0 N–H and O–H groups in total. The zero-order valence-electron chi connectivity index (χ0n) is 10.9. The van der Waals surface area contributed by atoms with E-state index in [1.165, 1.54) is 5.56 Å². The summed E-state index contributed by atoms with van der Waals surface area (Å²) in [5, 5.41) is 1.39. The molecule has 0 aliphatic rings. The van der Waals surface area contributed by atoms with E-state index in [9.17, 15) is 0 Å². The largest absolute Gasteiger partial charge is 0.0826 e. The van der Waals surface area contributed by atoms with Crippen LogP contribution in [0, 0.1) is 0 Å². The number of rotatable bonds is 3. The van der Waals surface area contributed by atoms with Gasteiger partial charge in [0.05, 0.1) is 15.1 Å². The molecule has 0 amide bonds. The second kappa shape index (κ2) is 6.17. The molecular weight excluding hydrogens is 299 g/mol.